The lowest BCUT2D eigenvalue weighted by atomic mass is 9.57. The zero-order valence-corrected chi connectivity index (χ0v) is 9.86. The van der Waals surface area contributed by atoms with Gasteiger partial charge in [-0.2, -0.15) is 0 Å². The Morgan fingerprint density at radius 3 is 1.25 bits per heavy atom. The molecular formula is C12H25+. The van der Waals surface area contributed by atoms with E-state index in [0.29, 0.717) is 22.7 Å². The SMILES string of the molecule is [CH2+]C(C)C(C)(C)C(C)(C)C(C)C. The lowest BCUT2D eigenvalue weighted by Gasteiger charge is -2.45. The van der Waals surface area contributed by atoms with E-state index in [1.165, 1.54) is 0 Å². The number of hydrogen-bond acceptors (Lipinski definition) is 0. The topological polar surface area (TPSA) is 0 Å². The second-order valence-electron chi connectivity index (χ2n) is 5.50. The van der Waals surface area contributed by atoms with Gasteiger partial charge in [-0.1, -0.05) is 41.5 Å². The molecule has 0 heterocycles. The summed E-state index contributed by atoms with van der Waals surface area (Å²) in [7, 11) is 0. The van der Waals surface area contributed by atoms with Crippen LogP contribution in [0.2, 0.25) is 0 Å². The molecule has 0 aliphatic carbocycles. The van der Waals surface area contributed by atoms with Crippen molar-refractivity contribution in [2.45, 2.75) is 48.5 Å². The molecule has 0 aromatic carbocycles. The molecule has 72 valence electrons. The molecule has 0 aliphatic rings. The highest BCUT2D eigenvalue weighted by Crippen LogP contribution is 2.48. The third-order valence-corrected chi connectivity index (χ3v) is 4.34. The quantitative estimate of drug-likeness (QED) is 0.556. The van der Waals surface area contributed by atoms with Crippen LogP contribution in [0.3, 0.4) is 0 Å². The minimum atomic E-state index is 0.307. The minimum absolute atomic E-state index is 0.307. The molecule has 0 saturated heterocycles. The second kappa shape index (κ2) is 3.32. The van der Waals surface area contributed by atoms with E-state index in [4.69, 9.17) is 0 Å². The molecule has 1 unspecified atom stereocenters. The zero-order valence-electron chi connectivity index (χ0n) is 9.86. The maximum atomic E-state index is 4.16. The van der Waals surface area contributed by atoms with Crippen LogP contribution in [0.15, 0.2) is 0 Å². The average molecular weight is 169 g/mol. The first-order valence-electron chi connectivity index (χ1n) is 4.97. The molecule has 0 nitrogen and oxygen atoms in total. The first kappa shape index (κ1) is 11.9. The Labute approximate surface area is 78.8 Å². The third kappa shape index (κ3) is 1.78. The van der Waals surface area contributed by atoms with Crippen LogP contribution in [-0.2, 0) is 0 Å². The highest BCUT2D eigenvalue weighted by atomic mass is 14.5. The largest absolute Gasteiger partial charge is 0.0980 e. The van der Waals surface area contributed by atoms with Gasteiger partial charge in [-0.3, -0.25) is 0 Å². The Bertz CT molecular complexity index is 120. The predicted octanol–water partition coefficient (Wildman–Crippen LogP) is 4.16. The molecule has 0 N–H and O–H groups in total. The molecule has 0 bridgehead atoms. The first-order chi connectivity index (χ1) is 5.14. The van der Waals surface area contributed by atoms with E-state index in [0.717, 1.165) is 0 Å². The van der Waals surface area contributed by atoms with Crippen molar-refractivity contribution in [1.82, 2.24) is 0 Å². The smallest absolute Gasteiger partial charge is 0.0622 e. The first-order valence-corrected chi connectivity index (χ1v) is 4.97. The summed E-state index contributed by atoms with van der Waals surface area (Å²) in [6.07, 6.45) is 0. The summed E-state index contributed by atoms with van der Waals surface area (Å²) in [5.74, 6) is 1.20. The Kier molecular flexibility index (Phi) is 3.28. The second-order valence-corrected chi connectivity index (χ2v) is 5.50. The van der Waals surface area contributed by atoms with Crippen molar-refractivity contribution in [1.29, 1.82) is 0 Å². The van der Waals surface area contributed by atoms with Gasteiger partial charge in [0.15, 0.2) is 0 Å². The molecule has 12 heavy (non-hydrogen) atoms. The fourth-order valence-corrected chi connectivity index (χ4v) is 1.38. The highest BCUT2D eigenvalue weighted by molar-refractivity contribution is 4.92. The summed E-state index contributed by atoms with van der Waals surface area (Å²) in [5, 5.41) is 0. The van der Waals surface area contributed by atoms with Gasteiger partial charge in [-0.25, -0.2) is 0 Å². The van der Waals surface area contributed by atoms with Gasteiger partial charge in [0, 0.05) is 5.41 Å². The van der Waals surface area contributed by atoms with Crippen LogP contribution in [-0.4, -0.2) is 0 Å². The average Bonchev–Trinajstić information content (AvgIpc) is 1.86. The van der Waals surface area contributed by atoms with E-state index in [1.54, 1.807) is 0 Å². The molecule has 0 amide bonds. The molecule has 0 saturated carbocycles. The van der Waals surface area contributed by atoms with Crippen LogP contribution in [0.4, 0.5) is 0 Å². The van der Waals surface area contributed by atoms with Gasteiger partial charge in [0.05, 0.1) is 12.8 Å². The summed E-state index contributed by atoms with van der Waals surface area (Å²) >= 11 is 0. The Hall–Kier alpha value is -0.130. The van der Waals surface area contributed by atoms with E-state index >= 15 is 0 Å². The fourth-order valence-electron chi connectivity index (χ4n) is 1.38. The van der Waals surface area contributed by atoms with Gasteiger partial charge in [-0.15, -0.1) is 0 Å². The van der Waals surface area contributed by atoms with Crippen molar-refractivity contribution in [2.24, 2.45) is 22.7 Å². The Morgan fingerprint density at radius 2 is 1.17 bits per heavy atom. The van der Waals surface area contributed by atoms with Crippen molar-refractivity contribution in [3.05, 3.63) is 6.92 Å². The van der Waals surface area contributed by atoms with E-state index in [9.17, 15) is 0 Å². The fraction of sp³-hybridized carbons (Fsp3) is 0.917. The lowest BCUT2D eigenvalue weighted by Crippen LogP contribution is -2.40. The van der Waals surface area contributed by atoms with Gasteiger partial charge in [0.1, 0.15) is 0 Å². The van der Waals surface area contributed by atoms with Crippen LogP contribution in [0.5, 0.6) is 0 Å². The maximum absolute atomic E-state index is 4.16. The van der Waals surface area contributed by atoms with Gasteiger partial charge < -0.3 is 0 Å². The van der Waals surface area contributed by atoms with Gasteiger partial charge >= 0.3 is 0 Å². The highest BCUT2D eigenvalue weighted by Gasteiger charge is 2.44. The normalized spacial score (nSPS) is 16.7. The minimum Gasteiger partial charge on any atom is -0.0622 e. The molecule has 0 aromatic rings. The monoisotopic (exact) mass is 169 g/mol. The van der Waals surface area contributed by atoms with Crippen LogP contribution >= 0.6 is 0 Å². The summed E-state index contributed by atoms with van der Waals surface area (Å²) in [6.45, 7) is 20.3. The van der Waals surface area contributed by atoms with E-state index in [1.807, 2.05) is 0 Å². The number of hydrogen-bond donors (Lipinski definition) is 0. The van der Waals surface area contributed by atoms with Crippen molar-refractivity contribution in [2.75, 3.05) is 0 Å². The standard InChI is InChI=1S/C12H25/c1-9(2)11(5,6)12(7,8)10(3)4/h9-10H,1H2,2-8H3/q+1. The predicted molar refractivity (Wildman–Crippen MR) is 56.9 cm³/mol. The van der Waals surface area contributed by atoms with Crippen LogP contribution in [0.25, 0.3) is 0 Å². The lowest BCUT2D eigenvalue weighted by molar-refractivity contribution is 0.0227. The van der Waals surface area contributed by atoms with Crippen molar-refractivity contribution in [3.63, 3.8) is 0 Å². The van der Waals surface area contributed by atoms with Gasteiger partial charge in [-0.05, 0) is 18.3 Å². The molecule has 0 fully saturated rings. The molecule has 0 radical (unpaired) electrons. The maximum Gasteiger partial charge on any atom is 0.0980 e. The molecule has 1 atom stereocenters. The van der Waals surface area contributed by atoms with Crippen LogP contribution in [0, 0.1) is 29.6 Å². The van der Waals surface area contributed by atoms with Crippen molar-refractivity contribution in [3.8, 4) is 0 Å². The van der Waals surface area contributed by atoms with Crippen LogP contribution in [0.1, 0.15) is 48.5 Å². The van der Waals surface area contributed by atoms with Gasteiger partial charge in [0.2, 0.25) is 0 Å². The van der Waals surface area contributed by atoms with Crippen molar-refractivity contribution < 1.29 is 0 Å². The summed E-state index contributed by atoms with van der Waals surface area (Å²) in [5.41, 5.74) is 0.662. The van der Waals surface area contributed by atoms with E-state index in [-0.39, 0.29) is 0 Å². The molecule has 0 aliphatic heterocycles. The molecular weight excluding hydrogens is 144 g/mol. The molecule has 0 aromatic heterocycles. The summed E-state index contributed by atoms with van der Waals surface area (Å²) in [4.78, 5) is 0. The van der Waals surface area contributed by atoms with E-state index < -0.39 is 0 Å². The molecule has 0 spiro atoms. The van der Waals surface area contributed by atoms with Crippen molar-refractivity contribution >= 4 is 0 Å². The molecule has 0 rings (SSSR count). The molecule has 0 heteroatoms. The van der Waals surface area contributed by atoms with Gasteiger partial charge in [0.25, 0.3) is 0 Å². The summed E-state index contributed by atoms with van der Waals surface area (Å²) < 4.78 is 0. The Morgan fingerprint density at radius 1 is 0.833 bits per heavy atom. The zero-order chi connectivity index (χ0) is 10.2. The Balaban J connectivity index is 4.75. The summed E-state index contributed by atoms with van der Waals surface area (Å²) in [6, 6.07) is 0. The number of rotatable bonds is 3. The van der Waals surface area contributed by atoms with E-state index in [2.05, 4.69) is 55.4 Å². The third-order valence-electron chi connectivity index (χ3n) is 4.34. The van der Waals surface area contributed by atoms with Crippen LogP contribution < -0.4 is 0 Å².